The molecule has 548 valence electrons. The van der Waals surface area contributed by atoms with Gasteiger partial charge in [-0.1, -0.05) is 69.2 Å². The predicted molar refractivity (Wildman–Crippen MR) is 344 cm³/mol. The Balaban J connectivity index is 0.0000000856. The summed E-state index contributed by atoms with van der Waals surface area (Å²) in [6.07, 6.45) is 14.6. The molecule has 0 N–H and O–H groups in total. The minimum atomic E-state index is -0.471. The Labute approximate surface area is 585 Å². The monoisotopic (exact) mass is 1390 g/mol. The van der Waals surface area contributed by atoms with Gasteiger partial charge in [-0.2, -0.15) is 0 Å². The summed E-state index contributed by atoms with van der Waals surface area (Å²) in [7, 11) is 2.72. The van der Waals surface area contributed by atoms with Crippen LogP contribution in [0.25, 0.3) is 0 Å². The summed E-state index contributed by atoms with van der Waals surface area (Å²) < 4.78 is 63.4. The van der Waals surface area contributed by atoms with Gasteiger partial charge in [0.15, 0.2) is 0 Å². The van der Waals surface area contributed by atoms with Gasteiger partial charge in [-0.25, -0.2) is 0 Å². The van der Waals surface area contributed by atoms with E-state index in [9.17, 15) is 47.9 Å². The van der Waals surface area contributed by atoms with Gasteiger partial charge in [0.1, 0.15) is 66.5 Å². The summed E-state index contributed by atoms with van der Waals surface area (Å²) in [4.78, 5) is 115. The van der Waals surface area contributed by atoms with Crippen molar-refractivity contribution in [2.45, 2.75) is 233 Å². The second-order valence-corrected chi connectivity index (χ2v) is 37.1. The molecule has 16 bridgehead atoms. The van der Waals surface area contributed by atoms with E-state index in [0.29, 0.717) is 82.7 Å². The highest BCUT2D eigenvalue weighted by Gasteiger charge is 2.73. The average molecular weight is 1390 g/mol. The van der Waals surface area contributed by atoms with Crippen LogP contribution in [0.4, 0.5) is 0 Å². The lowest BCUT2D eigenvalue weighted by atomic mass is 9.69. The summed E-state index contributed by atoms with van der Waals surface area (Å²) >= 11 is 0. The smallest absolute Gasteiger partial charge is 0.313 e. The zero-order valence-corrected chi connectivity index (χ0v) is 60.4. The van der Waals surface area contributed by atoms with E-state index in [4.69, 9.17) is 56.8 Å². The maximum absolute atomic E-state index is 11.7. The molecule has 12 aliphatic carbocycles. The molecule has 24 fully saturated rings. The van der Waals surface area contributed by atoms with E-state index < -0.39 is 11.8 Å². The van der Waals surface area contributed by atoms with Crippen molar-refractivity contribution in [3.63, 3.8) is 0 Å². The Morgan fingerprint density at radius 3 is 1.64 bits per heavy atom. The van der Waals surface area contributed by atoms with Crippen molar-refractivity contribution in [1.29, 1.82) is 0 Å². The Hall–Kier alpha value is -5.38. The molecule has 41 atom stereocenters. The van der Waals surface area contributed by atoms with E-state index in [-0.39, 0.29) is 190 Å². The fourth-order valence-electron chi connectivity index (χ4n) is 27.1. The Bertz CT molecular complexity index is 3420. The number of fused-ring (bicyclic) bond motifs is 8. The topological polar surface area (TPSA) is 281 Å². The van der Waals surface area contributed by atoms with Gasteiger partial charge in [0.2, 0.25) is 0 Å². The van der Waals surface area contributed by atoms with Crippen LogP contribution in [0, 0.1) is 176 Å². The fourth-order valence-corrected chi connectivity index (χ4v) is 27.1. The molecule has 24 aliphatic rings. The molecule has 0 amide bonds. The van der Waals surface area contributed by atoms with E-state index in [0.717, 1.165) is 68.6 Å². The quantitative estimate of drug-likeness (QED) is 0.186. The van der Waals surface area contributed by atoms with Crippen LogP contribution in [0.2, 0.25) is 0 Å². The third-order valence-corrected chi connectivity index (χ3v) is 33.4. The maximum Gasteiger partial charge on any atom is 0.313 e. The first-order valence-corrected chi connectivity index (χ1v) is 38.5. The normalized spacial score (nSPS) is 56.4. The van der Waals surface area contributed by atoms with Gasteiger partial charge in [-0.05, 0) is 155 Å². The largest absolute Gasteiger partial charge is 0.469 e. The van der Waals surface area contributed by atoms with Crippen molar-refractivity contribution in [2.75, 3.05) is 14.2 Å². The number of carbonyl (C=O) groups excluding carboxylic acids is 10. The third-order valence-electron chi connectivity index (χ3n) is 33.4. The summed E-state index contributed by atoms with van der Waals surface area (Å²) in [5.74, 6) is 8.59. The number of rotatable bonds is 2. The van der Waals surface area contributed by atoms with Crippen LogP contribution in [-0.2, 0) is 105 Å². The molecule has 12 heterocycles. The molecule has 41 unspecified atom stereocenters. The van der Waals surface area contributed by atoms with Crippen molar-refractivity contribution < 1.29 is 105 Å². The van der Waals surface area contributed by atoms with E-state index >= 15 is 0 Å². The molecule has 12 saturated heterocycles. The van der Waals surface area contributed by atoms with Gasteiger partial charge in [0, 0.05) is 52.8 Å². The Morgan fingerprint density at radius 1 is 0.390 bits per heavy atom. The second kappa shape index (κ2) is 23.1. The van der Waals surface area contributed by atoms with Crippen LogP contribution in [-0.4, -0.2) is 147 Å². The van der Waals surface area contributed by atoms with Crippen LogP contribution in [0.5, 0.6) is 0 Å². The summed E-state index contributed by atoms with van der Waals surface area (Å²) in [6.45, 7) is 26.0. The SMILES string of the molecule is CC1(C)C2CC3C(=O)OC1C3C2.CC1C2CC3C(=O)OC1(C)C3C2.CC1C2CC3C(=O)OC1C3O2.CC1C2CC3OC(=O)C1(C)C3C2.CC1C2CC3OC(=O)C1C3C2.CC1C2OC(=O)C3CC1(C)CC32.COC(=O)C1C2CC3C(OC(=O)C31)C2C.COC(=O)C1C2OC3C(OC(=O)C31)C2C. The molecule has 0 spiro atoms. The Morgan fingerprint density at radius 2 is 1.02 bits per heavy atom. The molecular formula is C78H104O22. The number of methoxy groups -OCH3 is 2. The van der Waals surface area contributed by atoms with Crippen LogP contribution in [0.3, 0.4) is 0 Å². The lowest BCUT2D eigenvalue weighted by Gasteiger charge is -2.32. The first kappa shape index (κ1) is 67.8. The molecule has 0 aromatic rings. The van der Waals surface area contributed by atoms with Crippen molar-refractivity contribution >= 4 is 59.7 Å². The highest BCUT2D eigenvalue weighted by Crippen LogP contribution is 2.68. The molecule has 12 saturated carbocycles. The number of ether oxygens (including phenoxy) is 12. The first-order chi connectivity index (χ1) is 47.3. The second-order valence-electron chi connectivity index (χ2n) is 37.1. The minimum Gasteiger partial charge on any atom is -0.469 e. The zero-order valence-electron chi connectivity index (χ0n) is 60.4. The highest BCUT2D eigenvalue weighted by atomic mass is 16.6. The molecule has 0 aromatic heterocycles. The lowest BCUT2D eigenvalue weighted by molar-refractivity contribution is -0.153. The molecule has 22 heteroatoms. The minimum absolute atomic E-state index is 0.0353. The first-order valence-electron chi connectivity index (χ1n) is 38.5. The fraction of sp³-hybridized carbons (Fsp3) is 0.872. The maximum atomic E-state index is 11.7. The number of esters is 10. The van der Waals surface area contributed by atoms with E-state index in [1.165, 1.54) is 46.3 Å². The average Bonchev–Trinajstić information content (AvgIpc) is 1.57. The third kappa shape index (κ3) is 9.27. The van der Waals surface area contributed by atoms with Crippen LogP contribution in [0.1, 0.15) is 160 Å². The van der Waals surface area contributed by atoms with E-state index in [1.54, 1.807) is 0 Å². The number of hydrogen-bond acceptors (Lipinski definition) is 22. The van der Waals surface area contributed by atoms with Gasteiger partial charge in [0.05, 0.1) is 79.2 Å². The van der Waals surface area contributed by atoms with Crippen molar-refractivity contribution in [1.82, 2.24) is 0 Å². The Kier molecular flexibility index (Phi) is 15.6. The van der Waals surface area contributed by atoms with Gasteiger partial charge in [0.25, 0.3) is 0 Å². The molecular weight excluding hydrogens is 1290 g/mol. The lowest BCUT2D eigenvalue weighted by Crippen LogP contribution is -2.41. The molecule has 24 rings (SSSR count). The summed E-state index contributed by atoms with van der Waals surface area (Å²) in [5.41, 5.74) is 0.456. The van der Waals surface area contributed by atoms with E-state index in [2.05, 4.69) is 76.2 Å². The number of carbonyl (C=O) groups is 10. The highest BCUT2D eigenvalue weighted by molar-refractivity contribution is 5.87. The molecule has 22 nitrogen and oxygen atoms in total. The van der Waals surface area contributed by atoms with Crippen LogP contribution >= 0.6 is 0 Å². The van der Waals surface area contributed by atoms with Gasteiger partial charge in [-0.15, -0.1) is 0 Å². The summed E-state index contributed by atoms with van der Waals surface area (Å²) in [5, 5.41) is 0. The van der Waals surface area contributed by atoms with Crippen LogP contribution in [0.15, 0.2) is 0 Å². The number of hydrogen-bond donors (Lipinski definition) is 0. The molecule has 0 radical (unpaired) electrons. The molecule has 0 aromatic carbocycles. The van der Waals surface area contributed by atoms with Gasteiger partial charge in [-0.3, -0.25) is 47.9 Å². The van der Waals surface area contributed by atoms with Gasteiger partial charge >= 0.3 is 59.7 Å². The van der Waals surface area contributed by atoms with E-state index in [1.807, 2.05) is 6.92 Å². The van der Waals surface area contributed by atoms with Crippen LogP contribution < -0.4 is 0 Å². The van der Waals surface area contributed by atoms with Crippen molar-refractivity contribution in [3.8, 4) is 0 Å². The predicted octanol–water partition coefficient (Wildman–Crippen LogP) is 8.25. The molecule has 12 aliphatic heterocycles. The zero-order chi connectivity index (χ0) is 70.7. The van der Waals surface area contributed by atoms with Gasteiger partial charge < -0.3 is 56.8 Å². The van der Waals surface area contributed by atoms with Crippen molar-refractivity contribution in [3.05, 3.63) is 0 Å². The molecule has 100 heavy (non-hydrogen) atoms. The van der Waals surface area contributed by atoms with Crippen molar-refractivity contribution in [2.24, 2.45) is 176 Å². The standard InChI is InChI=1S/C11H14O4.C10H12O5.4C10H14O2.C9H12O2.C8H10O3/c1-4-5-3-6-8(7(5)10(12)14-2)11(13)15-9(4)6;1-3-6-4(9(11)13-2)5-8(14-6)7(3)15-10(5)12;1-10(2)5-3-6-7(4-5)9(11)12-8(6)10;1-5-8-6-3-10(5,2)4-7(6)9(11)12-8;1-5-6-3-7-8(4-6)12-9(11)10(5,7)2;1-5-6-3-7-8(4-6)10(5,2)12-9(7)11;1-4-5-2-6-7(3-5)11-9(10)8(4)6;1-3-5-2-4-7(10-5)6(3)11-8(4)9/h4-9H,3H2,1-2H3;3-8H,1-2H3;4*5-8H,3-4H2,1-2H3;4-8H,2-3H2,1H3;3-7H,2H2,1H3. The summed E-state index contributed by atoms with van der Waals surface area (Å²) in [6, 6.07) is 0.